The SMILES string of the molecule is C[Si]1(C)c2cc(N(c3ccccc3)c3ccccc3)ccc2-c2cc3c4ccccc4c(-c4ccc(N(c5ccc(-c6ccccc6)cc5)c5ccc(-c6ccccc6)cc5)cc4)cc3c3cccc1c23. The first-order valence-electron chi connectivity index (χ1n) is 24.7. The molecular weight excluding hydrogens is 873 g/mol. The Labute approximate surface area is 417 Å². The quantitative estimate of drug-likeness (QED) is 0.105. The highest BCUT2D eigenvalue weighted by atomic mass is 28.3. The van der Waals surface area contributed by atoms with E-state index in [9.17, 15) is 0 Å². The van der Waals surface area contributed by atoms with E-state index in [2.05, 4.69) is 290 Å². The van der Waals surface area contributed by atoms with Crippen molar-refractivity contribution in [2.24, 2.45) is 0 Å². The standard InChI is InChI=1S/C68H50N2Si/c1-71(2)66-29-17-28-61-64-45-62(51-34-40-56(41-35-51)69(54-36-30-49(31-37-54)47-18-7-3-8-19-47)55-38-32-50(33-39-55)48-20-9-4-10-21-48)58-26-15-16-27-59(58)63(64)46-65(68(61)66)60-43-42-57(44-67(60)71)70(52-22-11-5-12-23-52)53-24-13-6-14-25-53/h3-46H,1-2H3. The van der Waals surface area contributed by atoms with Crippen molar-refractivity contribution >= 4 is 84.9 Å². The van der Waals surface area contributed by atoms with Gasteiger partial charge in [0.05, 0.1) is 0 Å². The fourth-order valence-electron chi connectivity index (χ4n) is 11.3. The lowest BCUT2D eigenvalue weighted by Crippen LogP contribution is -2.56. The van der Waals surface area contributed by atoms with Crippen molar-refractivity contribution in [1.82, 2.24) is 0 Å². The Balaban J connectivity index is 0.931. The van der Waals surface area contributed by atoms with Crippen molar-refractivity contribution < 1.29 is 0 Å². The summed E-state index contributed by atoms with van der Waals surface area (Å²) in [6, 6.07) is 98.2. The maximum absolute atomic E-state index is 2.54. The van der Waals surface area contributed by atoms with Crippen molar-refractivity contribution in [2.45, 2.75) is 13.1 Å². The van der Waals surface area contributed by atoms with E-state index >= 15 is 0 Å². The molecule has 0 unspecified atom stereocenters. The number of nitrogens with zero attached hydrogens (tertiary/aromatic N) is 2. The number of fused-ring (bicyclic) bond motifs is 6. The lowest BCUT2D eigenvalue weighted by Gasteiger charge is -2.35. The molecule has 0 atom stereocenters. The molecule has 0 aromatic heterocycles. The number of hydrogen-bond acceptors (Lipinski definition) is 2. The van der Waals surface area contributed by atoms with E-state index in [1.807, 2.05) is 0 Å². The summed E-state index contributed by atoms with van der Waals surface area (Å²) in [7, 11) is -2.21. The summed E-state index contributed by atoms with van der Waals surface area (Å²) < 4.78 is 0. The van der Waals surface area contributed by atoms with E-state index in [1.54, 1.807) is 0 Å². The largest absolute Gasteiger partial charge is 0.311 e. The van der Waals surface area contributed by atoms with Crippen LogP contribution >= 0.6 is 0 Å². The minimum Gasteiger partial charge on any atom is -0.311 e. The summed E-state index contributed by atoms with van der Waals surface area (Å²) in [5.41, 5.74) is 16.7. The Bertz CT molecular complexity index is 3790. The molecule has 12 aromatic rings. The number of hydrogen-bond donors (Lipinski definition) is 0. The molecular formula is C68H50N2Si. The highest BCUT2D eigenvalue weighted by molar-refractivity contribution is 7.03. The Morgan fingerprint density at radius 3 is 1.18 bits per heavy atom. The summed E-state index contributed by atoms with van der Waals surface area (Å²) in [5, 5.41) is 10.8. The van der Waals surface area contributed by atoms with Crippen LogP contribution in [-0.2, 0) is 0 Å². The lowest BCUT2D eigenvalue weighted by molar-refractivity contribution is 1.28. The molecule has 0 saturated heterocycles. The van der Waals surface area contributed by atoms with Crippen LogP contribution in [0.5, 0.6) is 0 Å². The summed E-state index contributed by atoms with van der Waals surface area (Å²) in [6.45, 7) is 5.08. The van der Waals surface area contributed by atoms with Gasteiger partial charge >= 0.3 is 0 Å². The van der Waals surface area contributed by atoms with Gasteiger partial charge in [0.15, 0.2) is 0 Å². The lowest BCUT2D eigenvalue weighted by atomic mass is 9.87. The fraction of sp³-hybridized carbons (Fsp3) is 0.0294. The van der Waals surface area contributed by atoms with Crippen LogP contribution in [0.25, 0.3) is 76.8 Å². The molecule has 0 amide bonds. The summed E-state index contributed by atoms with van der Waals surface area (Å²) in [5.74, 6) is 0. The van der Waals surface area contributed by atoms with Crippen LogP contribution in [0.15, 0.2) is 267 Å². The van der Waals surface area contributed by atoms with Crippen LogP contribution in [0, 0.1) is 0 Å². The van der Waals surface area contributed by atoms with Gasteiger partial charge in [-0.15, -0.1) is 0 Å². The van der Waals surface area contributed by atoms with Gasteiger partial charge in [-0.2, -0.15) is 0 Å². The van der Waals surface area contributed by atoms with Crippen molar-refractivity contribution in [3.05, 3.63) is 267 Å². The summed E-state index contributed by atoms with van der Waals surface area (Å²) in [6.07, 6.45) is 0. The van der Waals surface area contributed by atoms with Crippen LogP contribution in [0.4, 0.5) is 34.1 Å². The fourth-order valence-corrected chi connectivity index (χ4v) is 14.4. The van der Waals surface area contributed by atoms with Gasteiger partial charge in [0, 0.05) is 34.1 Å². The third-order valence-corrected chi connectivity index (χ3v) is 18.4. The topological polar surface area (TPSA) is 6.48 Å². The van der Waals surface area contributed by atoms with E-state index in [1.165, 1.54) is 92.9 Å². The van der Waals surface area contributed by atoms with E-state index in [4.69, 9.17) is 0 Å². The minimum atomic E-state index is -2.21. The van der Waals surface area contributed by atoms with E-state index in [0.717, 1.165) is 28.4 Å². The van der Waals surface area contributed by atoms with Crippen molar-refractivity contribution in [2.75, 3.05) is 9.80 Å². The molecule has 1 heterocycles. The second-order valence-electron chi connectivity index (χ2n) is 19.3. The number of rotatable bonds is 9. The van der Waals surface area contributed by atoms with Gasteiger partial charge in [0.2, 0.25) is 0 Å². The van der Waals surface area contributed by atoms with Gasteiger partial charge in [0.1, 0.15) is 8.07 Å². The Kier molecular flexibility index (Phi) is 10.3. The summed E-state index contributed by atoms with van der Waals surface area (Å²) in [4.78, 5) is 4.76. The first kappa shape index (κ1) is 42.3. The normalized spacial score (nSPS) is 12.5. The zero-order chi connectivity index (χ0) is 47.5. The molecule has 13 rings (SSSR count). The maximum atomic E-state index is 2.54. The molecule has 0 fully saturated rings. The van der Waals surface area contributed by atoms with Crippen molar-refractivity contribution in [3.63, 3.8) is 0 Å². The average molecular weight is 923 g/mol. The van der Waals surface area contributed by atoms with Gasteiger partial charge in [-0.1, -0.05) is 195 Å². The first-order chi connectivity index (χ1) is 35.0. The number of benzene rings is 12. The van der Waals surface area contributed by atoms with E-state index in [-0.39, 0.29) is 0 Å². The predicted octanol–water partition coefficient (Wildman–Crippen LogP) is 17.9. The molecule has 3 heteroatoms. The smallest absolute Gasteiger partial charge is 0.113 e. The van der Waals surface area contributed by atoms with Crippen LogP contribution in [-0.4, -0.2) is 8.07 Å². The third-order valence-electron chi connectivity index (χ3n) is 14.8. The Morgan fingerprint density at radius 2 is 0.634 bits per heavy atom. The molecule has 2 nitrogen and oxygen atoms in total. The summed E-state index contributed by atoms with van der Waals surface area (Å²) >= 11 is 0. The second kappa shape index (κ2) is 17.3. The number of para-hydroxylation sites is 2. The minimum absolute atomic E-state index is 1.10. The van der Waals surface area contributed by atoms with E-state index < -0.39 is 8.07 Å². The van der Waals surface area contributed by atoms with Crippen LogP contribution < -0.4 is 20.2 Å². The molecule has 0 N–H and O–H groups in total. The van der Waals surface area contributed by atoms with Crippen LogP contribution in [0.1, 0.15) is 0 Å². The van der Waals surface area contributed by atoms with Gasteiger partial charge in [-0.3, -0.25) is 0 Å². The van der Waals surface area contributed by atoms with Crippen LogP contribution in [0.2, 0.25) is 13.1 Å². The molecule has 0 aliphatic carbocycles. The Morgan fingerprint density at radius 1 is 0.239 bits per heavy atom. The highest BCUT2D eigenvalue weighted by Gasteiger charge is 2.36. The number of anilines is 6. The highest BCUT2D eigenvalue weighted by Crippen LogP contribution is 2.45. The maximum Gasteiger partial charge on any atom is 0.113 e. The average Bonchev–Trinajstić information content (AvgIpc) is 3.44. The zero-order valence-electron chi connectivity index (χ0n) is 39.8. The van der Waals surface area contributed by atoms with Gasteiger partial charge in [-0.25, -0.2) is 0 Å². The molecule has 12 aromatic carbocycles. The molecule has 0 radical (unpaired) electrons. The molecule has 1 aliphatic rings. The van der Waals surface area contributed by atoms with E-state index in [0.29, 0.717) is 0 Å². The second-order valence-corrected chi connectivity index (χ2v) is 23.6. The van der Waals surface area contributed by atoms with Gasteiger partial charge < -0.3 is 9.80 Å². The Hall–Kier alpha value is -8.76. The van der Waals surface area contributed by atoms with Gasteiger partial charge in [-0.05, 0) is 172 Å². The predicted molar refractivity (Wildman–Crippen MR) is 307 cm³/mol. The molecule has 0 saturated carbocycles. The molecule has 0 bridgehead atoms. The van der Waals surface area contributed by atoms with Crippen molar-refractivity contribution in [1.29, 1.82) is 0 Å². The third kappa shape index (κ3) is 7.33. The monoisotopic (exact) mass is 922 g/mol. The van der Waals surface area contributed by atoms with Crippen molar-refractivity contribution in [3.8, 4) is 44.5 Å². The molecule has 0 spiro atoms. The molecule has 1 aliphatic heterocycles. The van der Waals surface area contributed by atoms with Crippen LogP contribution in [0.3, 0.4) is 0 Å². The molecule has 336 valence electrons. The molecule has 71 heavy (non-hydrogen) atoms. The zero-order valence-corrected chi connectivity index (χ0v) is 40.8. The van der Waals surface area contributed by atoms with Gasteiger partial charge in [0.25, 0.3) is 0 Å². The first-order valence-corrected chi connectivity index (χ1v) is 27.7.